The number of pyridine rings is 1. The predicted molar refractivity (Wildman–Crippen MR) is 141 cm³/mol. The smallest absolute Gasteiger partial charge is 0.247 e. The standard InChI is InChI=1S/C29H31N5O3/c1-21(35)34-17-5-8-26(20-34)37-25-13-14-27(32-19-25)33-29(36)28(24-6-3-2-4-7-24)31-16-15-22-9-11-23(18-30)12-10-22/h2-4,6-7,9-14,19,26,28,31H,5,8,15-17,20H2,1H3,(H,32,33,36). The fourth-order valence-corrected chi connectivity index (χ4v) is 4.35. The van der Waals surface area contributed by atoms with Gasteiger partial charge in [-0.25, -0.2) is 4.98 Å². The number of nitrogens with zero attached hydrogens (tertiary/aromatic N) is 3. The molecule has 2 amide bonds. The Kier molecular flexibility index (Phi) is 8.84. The number of nitrogens with one attached hydrogen (secondary N) is 2. The average Bonchev–Trinajstić information content (AvgIpc) is 2.93. The zero-order chi connectivity index (χ0) is 26.0. The fourth-order valence-electron chi connectivity index (χ4n) is 4.35. The molecule has 2 unspecified atom stereocenters. The van der Waals surface area contributed by atoms with Gasteiger partial charge in [-0.05, 0) is 54.7 Å². The van der Waals surface area contributed by atoms with Crippen molar-refractivity contribution in [1.82, 2.24) is 15.2 Å². The Morgan fingerprint density at radius 3 is 2.59 bits per heavy atom. The van der Waals surface area contributed by atoms with Gasteiger partial charge in [-0.3, -0.25) is 9.59 Å². The van der Waals surface area contributed by atoms with Crippen molar-refractivity contribution in [1.29, 1.82) is 5.26 Å². The van der Waals surface area contributed by atoms with E-state index in [4.69, 9.17) is 10.00 Å². The molecule has 190 valence electrons. The van der Waals surface area contributed by atoms with E-state index in [1.54, 1.807) is 42.3 Å². The van der Waals surface area contributed by atoms with Crippen molar-refractivity contribution >= 4 is 17.6 Å². The molecule has 37 heavy (non-hydrogen) atoms. The van der Waals surface area contributed by atoms with E-state index in [9.17, 15) is 9.59 Å². The van der Waals surface area contributed by atoms with Crippen molar-refractivity contribution < 1.29 is 14.3 Å². The molecule has 8 heteroatoms. The maximum atomic E-state index is 13.2. The number of benzene rings is 2. The Labute approximate surface area is 217 Å². The number of carbonyl (C=O) groups is 2. The average molecular weight is 498 g/mol. The summed E-state index contributed by atoms with van der Waals surface area (Å²) in [4.78, 5) is 31.1. The van der Waals surface area contributed by atoms with Crippen LogP contribution in [0.15, 0.2) is 72.9 Å². The predicted octanol–water partition coefficient (Wildman–Crippen LogP) is 3.86. The molecule has 8 nitrogen and oxygen atoms in total. The summed E-state index contributed by atoms with van der Waals surface area (Å²) < 4.78 is 6.02. The third kappa shape index (κ3) is 7.38. The van der Waals surface area contributed by atoms with Crippen LogP contribution < -0.4 is 15.4 Å². The molecule has 2 aromatic carbocycles. The maximum Gasteiger partial charge on any atom is 0.247 e. The number of ether oxygens (including phenoxy) is 1. The van der Waals surface area contributed by atoms with E-state index in [-0.39, 0.29) is 17.9 Å². The zero-order valence-electron chi connectivity index (χ0n) is 20.9. The van der Waals surface area contributed by atoms with Gasteiger partial charge in [0, 0.05) is 20.0 Å². The number of amides is 2. The molecule has 1 aromatic heterocycles. The Morgan fingerprint density at radius 1 is 1.14 bits per heavy atom. The minimum absolute atomic E-state index is 0.0583. The summed E-state index contributed by atoms with van der Waals surface area (Å²) in [5.41, 5.74) is 2.56. The van der Waals surface area contributed by atoms with Gasteiger partial charge in [0.2, 0.25) is 11.8 Å². The summed E-state index contributed by atoms with van der Waals surface area (Å²) in [6.45, 7) is 3.49. The minimum Gasteiger partial charge on any atom is -0.487 e. The summed E-state index contributed by atoms with van der Waals surface area (Å²) in [7, 11) is 0. The highest BCUT2D eigenvalue weighted by Gasteiger charge is 2.23. The van der Waals surface area contributed by atoms with Gasteiger partial charge < -0.3 is 20.3 Å². The number of piperidine rings is 1. The summed E-state index contributed by atoms with van der Waals surface area (Å²) in [6, 6.07) is 22.1. The largest absolute Gasteiger partial charge is 0.487 e. The Balaban J connectivity index is 1.35. The molecular formula is C29H31N5O3. The van der Waals surface area contributed by atoms with Crippen molar-refractivity contribution in [3.63, 3.8) is 0 Å². The van der Waals surface area contributed by atoms with Crippen molar-refractivity contribution in [2.24, 2.45) is 0 Å². The third-order valence-corrected chi connectivity index (χ3v) is 6.35. The maximum absolute atomic E-state index is 13.2. The van der Waals surface area contributed by atoms with E-state index in [1.807, 2.05) is 42.5 Å². The SMILES string of the molecule is CC(=O)N1CCCC(Oc2ccc(NC(=O)C(NCCc3ccc(C#N)cc3)c3ccccc3)nc2)C1. The number of carbonyl (C=O) groups excluding carboxylic acids is 2. The molecule has 1 fully saturated rings. The van der Waals surface area contributed by atoms with Crippen molar-refractivity contribution in [2.45, 2.75) is 38.3 Å². The molecule has 2 atom stereocenters. The van der Waals surface area contributed by atoms with Crippen LogP contribution in [0.3, 0.4) is 0 Å². The quantitative estimate of drug-likeness (QED) is 0.465. The molecule has 4 rings (SSSR count). The lowest BCUT2D eigenvalue weighted by atomic mass is 10.1. The van der Waals surface area contributed by atoms with E-state index in [2.05, 4.69) is 21.7 Å². The number of rotatable bonds is 9. The Bertz CT molecular complexity index is 1220. The van der Waals surface area contributed by atoms with Crippen molar-refractivity contribution in [3.8, 4) is 11.8 Å². The lowest BCUT2D eigenvalue weighted by Crippen LogP contribution is -2.43. The highest BCUT2D eigenvalue weighted by Crippen LogP contribution is 2.20. The topological polar surface area (TPSA) is 107 Å². The highest BCUT2D eigenvalue weighted by molar-refractivity contribution is 5.94. The molecule has 1 saturated heterocycles. The summed E-state index contributed by atoms with van der Waals surface area (Å²) >= 11 is 0. The Hall–Kier alpha value is -4.22. The van der Waals surface area contributed by atoms with Gasteiger partial charge in [0.25, 0.3) is 0 Å². The molecule has 0 saturated carbocycles. The van der Waals surface area contributed by atoms with Crippen molar-refractivity contribution in [3.05, 3.63) is 89.6 Å². The molecule has 0 spiro atoms. The molecule has 1 aliphatic rings. The van der Waals surface area contributed by atoms with E-state index in [1.165, 1.54) is 0 Å². The summed E-state index contributed by atoms with van der Waals surface area (Å²) in [5, 5.41) is 15.2. The fraction of sp³-hybridized carbons (Fsp3) is 0.310. The molecule has 1 aliphatic heterocycles. The van der Waals surface area contributed by atoms with Gasteiger partial charge in [-0.2, -0.15) is 5.26 Å². The first kappa shape index (κ1) is 25.9. The van der Waals surface area contributed by atoms with Crippen LogP contribution in [-0.2, 0) is 16.0 Å². The molecule has 2 N–H and O–H groups in total. The first-order valence-electron chi connectivity index (χ1n) is 12.5. The number of hydrogen-bond donors (Lipinski definition) is 2. The summed E-state index contributed by atoms with van der Waals surface area (Å²) in [6.07, 6.45) is 4.04. The molecule has 0 bridgehead atoms. The van der Waals surface area contributed by atoms with E-state index >= 15 is 0 Å². The van der Waals surface area contributed by atoms with Crippen LogP contribution in [-0.4, -0.2) is 47.4 Å². The molecular weight excluding hydrogens is 466 g/mol. The van der Waals surface area contributed by atoms with Gasteiger partial charge in [-0.15, -0.1) is 0 Å². The number of likely N-dealkylation sites (tertiary alicyclic amines) is 1. The van der Waals surface area contributed by atoms with Gasteiger partial charge in [0.1, 0.15) is 23.7 Å². The van der Waals surface area contributed by atoms with Gasteiger partial charge >= 0.3 is 0 Å². The van der Waals surface area contributed by atoms with Crippen LogP contribution in [0, 0.1) is 11.3 Å². The minimum atomic E-state index is -0.558. The lowest BCUT2D eigenvalue weighted by molar-refractivity contribution is -0.131. The van der Waals surface area contributed by atoms with Crippen LogP contribution >= 0.6 is 0 Å². The number of nitriles is 1. The van der Waals surface area contributed by atoms with E-state index in [0.717, 1.165) is 36.9 Å². The molecule has 0 aliphatic carbocycles. The number of aromatic nitrogens is 1. The van der Waals surface area contributed by atoms with E-state index in [0.29, 0.717) is 30.2 Å². The highest BCUT2D eigenvalue weighted by atomic mass is 16.5. The van der Waals surface area contributed by atoms with Crippen LogP contribution in [0.2, 0.25) is 0 Å². The van der Waals surface area contributed by atoms with Crippen molar-refractivity contribution in [2.75, 3.05) is 25.0 Å². The summed E-state index contributed by atoms with van der Waals surface area (Å²) in [5.74, 6) is 0.884. The lowest BCUT2D eigenvalue weighted by Gasteiger charge is -2.32. The van der Waals surface area contributed by atoms with Crippen LogP contribution in [0.5, 0.6) is 5.75 Å². The second-order valence-electron chi connectivity index (χ2n) is 9.07. The molecule has 0 radical (unpaired) electrons. The monoisotopic (exact) mass is 497 g/mol. The second kappa shape index (κ2) is 12.7. The first-order chi connectivity index (χ1) is 18.0. The molecule has 3 aromatic rings. The first-order valence-corrected chi connectivity index (χ1v) is 12.5. The van der Waals surface area contributed by atoms with Gasteiger partial charge in [-0.1, -0.05) is 42.5 Å². The normalized spacial score (nSPS) is 15.9. The van der Waals surface area contributed by atoms with Crippen LogP contribution in [0.1, 0.15) is 42.5 Å². The number of anilines is 1. The van der Waals surface area contributed by atoms with E-state index < -0.39 is 6.04 Å². The van der Waals surface area contributed by atoms with Gasteiger partial charge in [0.05, 0.1) is 24.4 Å². The number of hydrogen-bond acceptors (Lipinski definition) is 6. The van der Waals surface area contributed by atoms with Crippen LogP contribution in [0.25, 0.3) is 0 Å². The Morgan fingerprint density at radius 2 is 1.92 bits per heavy atom. The zero-order valence-corrected chi connectivity index (χ0v) is 20.9. The van der Waals surface area contributed by atoms with Crippen LogP contribution in [0.4, 0.5) is 5.82 Å². The molecule has 2 heterocycles. The van der Waals surface area contributed by atoms with Gasteiger partial charge in [0.15, 0.2) is 0 Å². The third-order valence-electron chi connectivity index (χ3n) is 6.35. The second-order valence-corrected chi connectivity index (χ2v) is 9.07.